The van der Waals surface area contributed by atoms with Gasteiger partial charge in [0.25, 0.3) is 5.69 Å². The highest BCUT2D eigenvalue weighted by Crippen LogP contribution is 2.33. The summed E-state index contributed by atoms with van der Waals surface area (Å²) in [6.07, 6.45) is -0.0317. The van der Waals surface area contributed by atoms with Gasteiger partial charge in [-0.25, -0.2) is 8.78 Å². The monoisotopic (exact) mass is 311 g/mol. The van der Waals surface area contributed by atoms with Crippen molar-refractivity contribution in [3.8, 4) is 0 Å². The molecule has 6 heteroatoms. The van der Waals surface area contributed by atoms with Crippen LogP contribution in [0, 0.1) is 28.7 Å². The van der Waals surface area contributed by atoms with Gasteiger partial charge in [-0.1, -0.05) is 24.3 Å². The predicted octanol–water partition coefficient (Wildman–Crippen LogP) is 4.70. The molecule has 0 aliphatic rings. The smallest absolute Gasteiger partial charge is 0.258 e. The Labute approximate surface area is 125 Å². The maximum Gasteiger partial charge on any atom is 0.272 e. The molecule has 0 heterocycles. The third kappa shape index (κ3) is 3.19. The van der Waals surface area contributed by atoms with E-state index in [-0.39, 0.29) is 23.2 Å². The summed E-state index contributed by atoms with van der Waals surface area (Å²) in [5.41, 5.74) is 0.244. The summed E-state index contributed by atoms with van der Waals surface area (Å²) in [6.45, 7) is 1.51. The number of para-hydroxylation sites is 1. The van der Waals surface area contributed by atoms with Crippen LogP contribution in [0.4, 0.5) is 14.5 Å². The highest BCUT2D eigenvalue weighted by atomic mass is 35.5. The Morgan fingerprint density at radius 3 is 2.57 bits per heavy atom. The summed E-state index contributed by atoms with van der Waals surface area (Å²) in [7, 11) is 0. The molecular formula is C15H12ClF2NO2. The van der Waals surface area contributed by atoms with Crippen LogP contribution in [-0.4, -0.2) is 4.92 Å². The third-order valence-electron chi connectivity index (χ3n) is 3.22. The van der Waals surface area contributed by atoms with Gasteiger partial charge in [-0.05, 0) is 25.0 Å². The van der Waals surface area contributed by atoms with Gasteiger partial charge < -0.3 is 0 Å². The molecule has 0 amide bonds. The lowest BCUT2D eigenvalue weighted by Gasteiger charge is -2.13. The van der Waals surface area contributed by atoms with Gasteiger partial charge in [0.15, 0.2) is 0 Å². The number of aryl methyl sites for hydroxylation is 1. The van der Waals surface area contributed by atoms with E-state index >= 15 is 0 Å². The Kier molecular flexibility index (Phi) is 4.53. The summed E-state index contributed by atoms with van der Waals surface area (Å²) < 4.78 is 27.8. The molecule has 0 saturated carbocycles. The minimum Gasteiger partial charge on any atom is -0.258 e. The molecule has 0 radical (unpaired) electrons. The third-order valence-corrected chi connectivity index (χ3v) is 3.59. The van der Waals surface area contributed by atoms with Crippen molar-refractivity contribution in [1.82, 2.24) is 0 Å². The van der Waals surface area contributed by atoms with E-state index in [0.717, 1.165) is 6.07 Å². The zero-order valence-corrected chi connectivity index (χ0v) is 11.9. The molecule has 3 nitrogen and oxygen atoms in total. The molecule has 0 aliphatic carbocycles. The molecule has 0 bridgehead atoms. The average Bonchev–Trinajstić information content (AvgIpc) is 2.43. The van der Waals surface area contributed by atoms with E-state index in [1.54, 1.807) is 6.07 Å². The topological polar surface area (TPSA) is 43.1 Å². The number of alkyl halides is 1. The summed E-state index contributed by atoms with van der Waals surface area (Å²) >= 11 is 6.10. The van der Waals surface area contributed by atoms with E-state index in [2.05, 4.69) is 0 Å². The minimum absolute atomic E-state index is 0.0317. The Bertz CT molecular complexity index is 691. The van der Waals surface area contributed by atoms with Crippen molar-refractivity contribution in [2.45, 2.75) is 18.7 Å². The highest BCUT2D eigenvalue weighted by molar-refractivity contribution is 6.21. The normalized spacial score (nSPS) is 12.2. The van der Waals surface area contributed by atoms with Crippen LogP contribution < -0.4 is 0 Å². The van der Waals surface area contributed by atoms with Crippen LogP contribution in [0.3, 0.4) is 0 Å². The van der Waals surface area contributed by atoms with Crippen LogP contribution in [0.15, 0.2) is 36.4 Å². The van der Waals surface area contributed by atoms with E-state index in [1.807, 2.05) is 0 Å². The number of benzene rings is 2. The Morgan fingerprint density at radius 1 is 1.24 bits per heavy atom. The first-order valence-electron chi connectivity index (χ1n) is 6.22. The van der Waals surface area contributed by atoms with Crippen molar-refractivity contribution >= 4 is 17.3 Å². The fourth-order valence-electron chi connectivity index (χ4n) is 2.12. The lowest BCUT2D eigenvalue weighted by atomic mass is 10.00. The fraction of sp³-hybridized carbons (Fsp3) is 0.200. The summed E-state index contributed by atoms with van der Waals surface area (Å²) in [5.74, 6) is -1.47. The van der Waals surface area contributed by atoms with Gasteiger partial charge >= 0.3 is 0 Å². The molecule has 2 aromatic rings. The summed E-state index contributed by atoms with van der Waals surface area (Å²) in [5, 5.41) is 9.92. The molecular weight excluding hydrogens is 300 g/mol. The number of nitro groups is 1. The van der Waals surface area contributed by atoms with Crippen LogP contribution in [0.2, 0.25) is 0 Å². The summed E-state index contributed by atoms with van der Waals surface area (Å²) in [6, 6.07) is 8.47. The first-order valence-corrected chi connectivity index (χ1v) is 6.66. The SMILES string of the molecule is Cc1ccc(F)c(C(Cl)Cc2ccccc2[N+](=O)[O-])c1F. The second-order valence-corrected chi connectivity index (χ2v) is 5.18. The van der Waals surface area contributed by atoms with Crippen molar-refractivity contribution in [2.75, 3.05) is 0 Å². The van der Waals surface area contributed by atoms with Crippen LogP contribution >= 0.6 is 11.6 Å². The Morgan fingerprint density at radius 2 is 1.90 bits per heavy atom. The maximum absolute atomic E-state index is 14.0. The molecule has 1 unspecified atom stereocenters. The van der Waals surface area contributed by atoms with E-state index in [4.69, 9.17) is 11.6 Å². The summed E-state index contributed by atoms with van der Waals surface area (Å²) in [4.78, 5) is 10.4. The number of rotatable bonds is 4. The first kappa shape index (κ1) is 15.4. The largest absolute Gasteiger partial charge is 0.272 e. The van der Waals surface area contributed by atoms with Crippen LogP contribution in [0.5, 0.6) is 0 Å². The first-order chi connectivity index (χ1) is 9.91. The van der Waals surface area contributed by atoms with Crippen LogP contribution in [0.1, 0.15) is 22.1 Å². The molecule has 2 rings (SSSR count). The molecule has 110 valence electrons. The minimum atomic E-state index is -1.02. The van der Waals surface area contributed by atoms with Gasteiger partial charge in [0, 0.05) is 17.2 Å². The van der Waals surface area contributed by atoms with Crippen molar-refractivity contribution in [3.05, 3.63) is 74.8 Å². The quantitative estimate of drug-likeness (QED) is 0.466. The van der Waals surface area contributed by atoms with E-state index in [0.29, 0.717) is 5.56 Å². The van der Waals surface area contributed by atoms with E-state index in [9.17, 15) is 18.9 Å². The second kappa shape index (κ2) is 6.18. The standard InChI is InChI=1S/C15H12ClF2NO2/c1-9-6-7-12(17)14(15(9)18)11(16)8-10-4-2-3-5-13(10)19(20)21/h2-7,11H,8H2,1H3. The molecule has 21 heavy (non-hydrogen) atoms. The number of nitro benzene ring substituents is 1. The molecule has 0 fully saturated rings. The maximum atomic E-state index is 14.0. The van der Waals surface area contributed by atoms with Gasteiger partial charge in [0.1, 0.15) is 11.6 Å². The van der Waals surface area contributed by atoms with Gasteiger partial charge in [0.2, 0.25) is 0 Å². The Hall–Kier alpha value is -2.01. The van der Waals surface area contributed by atoms with E-state index in [1.165, 1.54) is 31.2 Å². The molecule has 0 N–H and O–H groups in total. The number of hydrogen-bond acceptors (Lipinski definition) is 2. The highest BCUT2D eigenvalue weighted by Gasteiger charge is 2.23. The molecule has 0 aromatic heterocycles. The van der Waals surface area contributed by atoms with Gasteiger partial charge in [0.05, 0.1) is 10.3 Å². The predicted molar refractivity (Wildman–Crippen MR) is 76.5 cm³/mol. The number of halogens is 3. The molecule has 0 saturated heterocycles. The second-order valence-electron chi connectivity index (χ2n) is 4.65. The number of hydrogen-bond donors (Lipinski definition) is 0. The van der Waals surface area contributed by atoms with Gasteiger partial charge in [-0.15, -0.1) is 11.6 Å². The zero-order chi connectivity index (χ0) is 15.6. The van der Waals surface area contributed by atoms with Crippen molar-refractivity contribution < 1.29 is 13.7 Å². The molecule has 2 aromatic carbocycles. The van der Waals surface area contributed by atoms with Crippen LogP contribution in [-0.2, 0) is 6.42 Å². The zero-order valence-electron chi connectivity index (χ0n) is 11.1. The number of nitrogens with zero attached hydrogens (tertiary/aromatic N) is 1. The fourth-order valence-corrected chi connectivity index (χ4v) is 2.49. The molecule has 0 aliphatic heterocycles. The van der Waals surface area contributed by atoms with Gasteiger partial charge in [-0.3, -0.25) is 10.1 Å². The van der Waals surface area contributed by atoms with Crippen molar-refractivity contribution in [3.63, 3.8) is 0 Å². The lowest BCUT2D eigenvalue weighted by molar-refractivity contribution is -0.385. The average molecular weight is 312 g/mol. The lowest BCUT2D eigenvalue weighted by Crippen LogP contribution is -2.05. The van der Waals surface area contributed by atoms with E-state index < -0.39 is 21.9 Å². The van der Waals surface area contributed by atoms with Crippen molar-refractivity contribution in [1.29, 1.82) is 0 Å². The van der Waals surface area contributed by atoms with Crippen LogP contribution in [0.25, 0.3) is 0 Å². The van der Waals surface area contributed by atoms with Gasteiger partial charge in [-0.2, -0.15) is 0 Å². The molecule has 0 spiro atoms. The molecule has 1 atom stereocenters. The van der Waals surface area contributed by atoms with Crippen molar-refractivity contribution in [2.24, 2.45) is 0 Å². The Balaban J connectivity index is 2.38.